The predicted octanol–water partition coefficient (Wildman–Crippen LogP) is -11.2. The number of carbonyl (C=O) groups excluding carboxylic acids is 4. The van der Waals surface area contributed by atoms with Crippen molar-refractivity contribution in [1.29, 1.82) is 5.26 Å². The highest BCUT2D eigenvalue weighted by molar-refractivity contribution is 7.89. The van der Waals surface area contributed by atoms with Gasteiger partial charge in [0.15, 0.2) is 0 Å². The van der Waals surface area contributed by atoms with E-state index in [9.17, 15) is 19.2 Å². The van der Waals surface area contributed by atoms with Crippen LogP contribution in [0.2, 0.25) is 0 Å². The number of amides is 4. The third-order valence-corrected chi connectivity index (χ3v) is 9.06. The first kappa shape index (κ1) is 62.8. The Morgan fingerprint density at radius 1 is 0.700 bits per heavy atom. The van der Waals surface area contributed by atoms with E-state index in [0.29, 0.717) is 32.6 Å². The zero-order valence-electron chi connectivity index (χ0n) is 35.9. The molecule has 4 amide bonds. The minimum absolute atomic E-state index is 0.0240. The summed E-state index contributed by atoms with van der Waals surface area (Å²) in [5.74, 6) is -0.665. The van der Waals surface area contributed by atoms with Crippen LogP contribution in [-0.4, -0.2) is 277 Å². The second kappa shape index (κ2) is 37.0. The first-order valence-electron chi connectivity index (χ1n) is 19.6. The van der Waals surface area contributed by atoms with Crippen molar-refractivity contribution < 1.29 is 19.2 Å². The van der Waals surface area contributed by atoms with Crippen molar-refractivity contribution in [3.8, 4) is 6.07 Å². The normalized spacial score (nSPS) is 17.9. The number of rotatable bonds is 15. The number of carbonyl (C=O) groups is 4. The van der Waals surface area contributed by atoms with Crippen LogP contribution in [-0.2, 0) is 19.2 Å². The van der Waals surface area contributed by atoms with Crippen molar-refractivity contribution in [2.24, 2.45) is 11.5 Å². The molecule has 5 atom stereocenters. The van der Waals surface area contributed by atoms with Gasteiger partial charge in [-0.05, 0) is 73.3 Å². The highest BCUT2D eigenvalue weighted by atomic mass is 16.2. The number of hydrogen-bond acceptors (Lipinski definition) is 10. The van der Waals surface area contributed by atoms with Crippen molar-refractivity contribution in [3.63, 3.8) is 0 Å². The second-order valence-electron chi connectivity index (χ2n) is 14.0. The maximum atomic E-state index is 12.1. The van der Waals surface area contributed by atoms with E-state index in [1.54, 1.807) is 30.9 Å². The molecule has 60 heavy (non-hydrogen) atoms. The Labute approximate surface area is 382 Å². The number of nitrogens with one attached hydrogen (secondary N) is 5. The molecule has 0 saturated carbocycles. The summed E-state index contributed by atoms with van der Waals surface area (Å²) in [5.41, 5.74) is 10.3. The maximum absolute atomic E-state index is 12.1. The molecule has 0 aromatic carbocycles. The standard InChI is InChI=1S/C10H20N4O2.C10H18N4O.C5H10N2O.B8.B7.B6/c1-12-6-7(13-2)10(16)14-5-3-4-8(14)9(11)15;1-12-7-9(13-2)10(15)14-5-3-4-8(14)6-11;6-5(8)4-2-1-3-7-4;1-6(2)8(5)7(3)4;1-5-7(4)6(2)3;1-5(2)6(3)4/h7-8,12-13H,3-6H2,1-2H3,(H2,11,15);8-9,12-13H,3-5,7H2,1-2H3;4,7H,1-3H2,(H2,6,8);;;. The van der Waals surface area contributed by atoms with Crippen molar-refractivity contribution in [3.05, 3.63) is 0 Å². The molecule has 14 nitrogen and oxygen atoms in total. The quantitative estimate of drug-likeness (QED) is 0.0781. The molecule has 9 N–H and O–H groups in total. The number of likely N-dealkylation sites (tertiary alicyclic amines) is 2. The van der Waals surface area contributed by atoms with Gasteiger partial charge in [0, 0.05) is 179 Å². The number of nitrogens with two attached hydrogens (primary N) is 2. The second-order valence-corrected chi connectivity index (χ2v) is 14.0. The van der Waals surface area contributed by atoms with E-state index >= 15 is 0 Å². The fourth-order valence-corrected chi connectivity index (χ4v) is 5.24. The van der Waals surface area contributed by atoms with Gasteiger partial charge in [0.05, 0.1) is 24.2 Å². The number of nitrogens with zero attached hydrogens (tertiary/aromatic N) is 3. The lowest BCUT2D eigenvalue weighted by Gasteiger charge is -2.26. The molecule has 3 heterocycles. The van der Waals surface area contributed by atoms with E-state index in [4.69, 9.17) is 117 Å². The molecule has 0 aromatic heterocycles. The van der Waals surface area contributed by atoms with E-state index in [1.165, 1.54) is 7.06 Å². The molecule has 3 aliphatic rings. The molecular weight excluding hydrogens is 731 g/mol. The van der Waals surface area contributed by atoms with Crippen LogP contribution in [0.25, 0.3) is 0 Å². The summed E-state index contributed by atoms with van der Waals surface area (Å²) in [6, 6.07) is 0.932. The van der Waals surface area contributed by atoms with Crippen LogP contribution in [0.4, 0.5) is 0 Å². The number of hydrogen-bond donors (Lipinski definition) is 7. The molecule has 5 unspecified atom stereocenters. The van der Waals surface area contributed by atoms with Crippen LogP contribution in [0.15, 0.2) is 0 Å². The van der Waals surface area contributed by atoms with Gasteiger partial charge in [-0.15, -0.1) is 0 Å². The lowest BCUT2D eigenvalue weighted by molar-refractivity contribution is -0.138. The Morgan fingerprint density at radius 2 is 1.15 bits per heavy atom. The number of primary amides is 2. The fourth-order valence-electron chi connectivity index (χ4n) is 5.24. The van der Waals surface area contributed by atoms with E-state index in [-0.39, 0.29) is 48.3 Å². The summed E-state index contributed by atoms with van der Waals surface area (Å²) < 4.78 is 0. The van der Waals surface area contributed by atoms with E-state index < -0.39 is 50.3 Å². The zero-order valence-corrected chi connectivity index (χ0v) is 35.9. The summed E-state index contributed by atoms with van der Waals surface area (Å²) >= 11 is 0. The minimum Gasteiger partial charge on any atom is -0.368 e. The Hall–Kier alpha value is -1.47. The van der Waals surface area contributed by atoms with Crippen molar-refractivity contribution >= 4 is 176 Å². The molecule has 0 aromatic rings. The van der Waals surface area contributed by atoms with Gasteiger partial charge in [-0.1, -0.05) is 0 Å². The summed E-state index contributed by atoms with van der Waals surface area (Å²) in [6.45, 7) is 3.39. The predicted molar refractivity (Wildman–Crippen MR) is 269 cm³/mol. The highest BCUT2D eigenvalue weighted by Gasteiger charge is 2.35. The first-order chi connectivity index (χ1) is 28.0. The molecule has 0 bridgehead atoms. The van der Waals surface area contributed by atoms with Crippen molar-refractivity contribution in [2.75, 3.05) is 60.9 Å². The summed E-state index contributed by atoms with van der Waals surface area (Å²) in [6.07, 6.45) is 1.35. The molecule has 0 spiro atoms. The van der Waals surface area contributed by atoms with Crippen LogP contribution in [0.1, 0.15) is 38.5 Å². The fraction of sp³-hybridized carbons (Fsp3) is 0.800. The Balaban J connectivity index is -0.000000679. The van der Waals surface area contributed by atoms with Crippen LogP contribution < -0.4 is 38.1 Å². The Bertz CT molecular complexity index is 1200. The molecule has 3 aliphatic heterocycles. The van der Waals surface area contributed by atoms with Crippen LogP contribution in [0, 0.1) is 11.3 Å². The van der Waals surface area contributed by atoms with Crippen LogP contribution in [0.5, 0.6) is 0 Å². The summed E-state index contributed by atoms with van der Waals surface area (Å²) in [5, 5.41) is 23.7. The topological polar surface area (TPSA) is 211 Å². The molecule has 3 saturated heterocycles. The van der Waals surface area contributed by atoms with Gasteiger partial charge in [-0.2, -0.15) is 5.26 Å². The molecule has 3 fully saturated rings. The molecule has 35 heteroatoms. The molecular formula is C25H48B21N10O4. The van der Waals surface area contributed by atoms with Crippen LogP contribution >= 0.6 is 0 Å². The monoisotopic (exact) mass is 784 g/mol. The first-order valence-corrected chi connectivity index (χ1v) is 19.6. The van der Waals surface area contributed by atoms with Gasteiger partial charge in [-0.25, -0.2) is 0 Å². The Kier molecular flexibility index (Phi) is 38.7. The summed E-state index contributed by atoms with van der Waals surface area (Å²) in [7, 11) is 74.3. The van der Waals surface area contributed by atoms with E-state index in [0.717, 1.165) is 38.6 Å². The van der Waals surface area contributed by atoms with Crippen molar-refractivity contribution in [1.82, 2.24) is 36.4 Å². The highest BCUT2D eigenvalue weighted by Crippen LogP contribution is 2.18. The minimum atomic E-state index is -0.630. The lowest BCUT2D eigenvalue weighted by atomic mass is 8.68. The van der Waals surface area contributed by atoms with Gasteiger partial charge in [-0.3, -0.25) is 19.2 Å². The third-order valence-electron chi connectivity index (χ3n) is 9.06. The van der Waals surface area contributed by atoms with E-state index in [1.807, 2.05) is 7.05 Å². The third kappa shape index (κ3) is 27.6. The molecule has 0 aliphatic carbocycles. The van der Waals surface area contributed by atoms with Gasteiger partial charge >= 0.3 is 0 Å². The molecule has 27 radical (unpaired) electrons. The maximum Gasteiger partial charge on any atom is 0.242 e. The number of nitriles is 1. The Morgan fingerprint density at radius 3 is 1.42 bits per heavy atom. The smallest absolute Gasteiger partial charge is 0.242 e. The molecule has 3 rings (SSSR count). The van der Waals surface area contributed by atoms with Gasteiger partial charge in [0.25, 0.3) is 0 Å². The van der Waals surface area contributed by atoms with Gasteiger partial charge in [0.1, 0.15) is 12.1 Å². The largest absolute Gasteiger partial charge is 0.368 e. The summed E-state index contributed by atoms with van der Waals surface area (Å²) in [4.78, 5) is 48.9. The average Bonchev–Trinajstić information content (AvgIpc) is 4.02. The van der Waals surface area contributed by atoms with Crippen molar-refractivity contribution in [2.45, 2.75) is 68.7 Å². The number of likely N-dealkylation sites (N-methyl/N-ethyl adjacent to an activating group) is 4. The zero-order chi connectivity index (χ0) is 47.1. The lowest BCUT2D eigenvalue weighted by Crippen LogP contribution is -2.53. The van der Waals surface area contributed by atoms with Gasteiger partial charge in [0.2, 0.25) is 23.6 Å². The van der Waals surface area contributed by atoms with Gasteiger partial charge < -0.3 is 47.9 Å². The SMILES string of the molecule is CNCC(NC)C(=O)N1CCCC1C#N.CNCC(NC)C(=O)N1CCCC1C(N)=O.NC(=O)C1CCCN1.[B]B([B])B([B])B([B])[B].[B]B([B])B([B])[B].[B][B]B([B])B([B])[B]. The average molecular weight is 780 g/mol. The van der Waals surface area contributed by atoms with Crippen LogP contribution in [0.3, 0.4) is 0 Å². The van der Waals surface area contributed by atoms with E-state index in [2.05, 4.69) is 32.7 Å². The molecule has 285 valence electrons.